The van der Waals surface area contributed by atoms with Crippen LogP contribution in [0.5, 0.6) is 0 Å². The summed E-state index contributed by atoms with van der Waals surface area (Å²) in [4.78, 5) is 1.31. The van der Waals surface area contributed by atoms with Gasteiger partial charge in [0.2, 0.25) is 0 Å². The van der Waals surface area contributed by atoms with Crippen molar-refractivity contribution >= 4 is 17.7 Å². The molecule has 1 heterocycles. The maximum Gasteiger partial charge on any atom is 0.422 e. The number of hydrogen-bond donors (Lipinski definition) is 0. The molecular formula is C13H10ClF3N4O. The molecule has 0 atom stereocenters. The van der Waals surface area contributed by atoms with Crippen LogP contribution in [-0.2, 0) is 4.74 Å². The van der Waals surface area contributed by atoms with Crippen LogP contribution in [0.3, 0.4) is 0 Å². The molecule has 0 unspecified atom stereocenters. The molecule has 0 fully saturated rings. The molecule has 0 saturated carbocycles. The third kappa shape index (κ3) is 5.21. The van der Waals surface area contributed by atoms with Crippen molar-refractivity contribution in [3.63, 3.8) is 0 Å². The Hall–Kier alpha value is -2.35. The second-order valence-corrected chi connectivity index (χ2v) is 4.46. The minimum atomic E-state index is -4.35. The number of alkyl halides is 3. The minimum absolute atomic E-state index is 0.301. The predicted molar refractivity (Wildman–Crippen MR) is 74.3 cm³/mol. The smallest absolute Gasteiger partial charge is 0.422 e. The Kier molecular flexibility index (Phi) is 5.16. The van der Waals surface area contributed by atoms with Crippen LogP contribution in [0.25, 0.3) is 11.8 Å². The van der Waals surface area contributed by atoms with Gasteiger partial charge < -0.3 is 4.74 Å². The van der Waals surface area contributed by atoms with E-state index in [9.17, 15) is 13.2 Å². The van der Waals surface area contributed by atoms with Crippen LogP contribution in [0, 0.1) is 0 Å². The average molecular weight is 331 g/mol. The largest absolute Gasteiger partial charge is 0.492 e. The van der Waals surface area contributed by atoms with E-state index in [4.69, 9.17) is 11.6 Å². The fraction of sp³-hybridized carbons (Fsp3) is 0.154. The van der Waals surface area contributed by atoms with Crippen molar-refractivity contribution in [2.24, 2.45) is 0 Å². The van der Waals surface area contributed by atoms with E-state index in [-0.39, 0.29) is 0 Å². The summed E-state index contributed by atoms with van der Waals surface area (Å²) in [5.74, 6) is 0.301. The summed E-state index contributed by atoms with van der Waals surface area (Å²) in [5, 5.41) is 12.3. The topological polar surface area (TPSA) is 52.8 Å². The minimum Gasteiger partial charge on any atom is -0.492 e. The Labute approximate surface area is 128 Å². The summed E-state index contributed by atoms with van der Waals surface area (Å²) in [6, 6.07) is 6.83. The Morgan fingerprint density at radius 3 is 2.59 bits per heavy atom. The number of tetrazole rings is 1. The highest BCUT2D eigenvalue weighted by Gasteiger charge is 2.27. The third-order valence-electron chi connectivity index (χ3n) is 2.26. The molecule has 2 aromatic rings. The van der Waals surface area contributed by atoms with Crippen LogP contribution in [0.4, 0.5) is 13.2 Å². The van der Waals surface area contributed by atoms with E-state index in [2.05, 4.69) is 20.1 Å². The van der Waals surface area contributed by atoms with E-state index in [0.717, 1.165) is 6.26 Å². The van der Waals surface area contributed by atoms with Crippen molar-refractivity contribution in [2.75, 3.05) is 6.61 Å². The van der Waals surface area contributed by atoms with E-state index in [1.165, 1.54) is 23.0 Å². The predicted octanol–water partition coefficient (Wildman–Crippen LogP) is 3.42. The van der Waals surface area contributed by atoms with Gasteiger partial charge in [-0.1, -0.05) is 17.7 Å². The van der Waals surface area contributed by atoms with Gasteiger partial charge in [-0.3, -0.25) is 0 Å². The molecule has 1 aromatic heterocycles. The fourth-order valence-corrected chi connectivity index (χ4v) is 1.49. The fourth-order valence-electron chi connectivity index (χ4n) is 1.36. The van der Waals surface area contributed by atoms with Crippen molar-refractivity contribution in [3.8, 4) is 5.69 Å². The molecule has 0 aliphatic rings. The highest BCUT2D eigenvalue weighted by atomic mass is 35.5. The lowest BCUT2D eigenvalue weighted by atomic mass is 10.3. The van der Waals surface area contributed by atoms with Crippen LogP contribution in [0.15, 0.2) is 42.7 Å². The molecule has 0 aliphatic carbocycles. The van der Waals surface area contributed by atoms with Crippen molar-refractivity contribution in [1.29, 1.82) is 0 Å². The van der Waals surface area contributed by atoms with Crippen LogP contribution in [0.1, 0.15) is 5.82 Å². The summed E-state index contributed by atoms with van der Waals surface area (Å²) in [7, 11) is 0. The monoisotopic (exact) mass is 330 g/mol. The van der Waals surface area contributed by atoms with E-state index in [1.54, 1.807) is 24.3 Å². The standard InChI is InChI=1S/C13H10ClF3N4O/c14-10-4-6-11(7-5-10)21-19-12(18-20-21)3-1-2-8-22-9-13(15,16)17/h1-8H,9H2/b3-1-,8-2-. The van der Waals surface area contributed by atoms with Gasteiger partial charge in [-0.25, -0.2) is 0 Å². The number of benzene rings is 1. The van der Waals surface area contributed by atoms with E-state index < -0.39 is 12.8 Å². The highest BCUT2D eigenvalue weighted by molar-refractivity contribution is 6.30. The first-order valence-electron chi connectivity index (χ1n) is 6.01. The molecule has 0 bridgehead atoms. The van der Waals surface area contributed by atoms with Crippen LogP contribution in [0.2, 0.25) is 5.02 Å². The Morgan fingerprint density at radius 2 is 1.91 bits per heavy atom. The summed E-state index contributed by atoms with van der Waals surface area (Å²) < 4.78 is 39.7. The first-order valence-corrected chi connectivity index (χ1v) is 6.39. The molecule has 9 heteroatoms. The Balaban J connectivity index is 1.90. The molecule has 0 saturated heterocycles. The molecule has 5 nitrogen and oxygen atoms in total. The Morgan fingerprint density at radius 1 is 1.18 bits per heavy atom. The van der Waals surface area contributed by atoms with Gasteiger partial charge in [-0.05, 0) is 41.6 Å². The zero-order valence-electron chi connectivity index (χ0n) is 11.0. The number of halogens is 4. The quantitative estimate of drug-likeness (QED) is 0.622. The van der Waals surface area contributed by atoms with E-state index in [1.807, 2.05) is 0 Å². The summed E-state index contributed by atoms with van der Waals surface area (Å²) in [6.45, 7) is -1.33. The molecule has 116 valence electrons. The normalized spacial score (nSPS) is 12.4. The lowest BCUT2D eigenvalue weighted by Crippen LogP contribution is -2.14. The van der Waals surface area contributed by atoms with E-state index >= 15 is 0 Å². The maximum absolute atomic E-state index is 11.8. The zero-order chi connectivity index (χ0) is 16.0. The summed E-state index contributed by atoms with van der Waals surface area (Å²) in [6.07, 6.45) is 0.811. The Bertz CT molecular complexity index is 665. The molecule has 0 spiro atoms. The van der Waals surface area contributed by atoms with Crippen molar-refractivity contribution in [1.82, 2.24) is 20.2 Å². The first kappa shape index (κ1) is 16.0. The number of aromatic nitrogens is 4. The summed E-state index contributed by atoms with van der Waals surface area (Å²) in [5.41, 5.74) is 0.681. The van der Waals surface area contributed by atoms with Crippen molar-refractivity contribution < 1.29 is 17.9 Å². The van der Waals surface area contributed by atoms with Crippen LogP contribution < -0.4 is 0 Å². The summed E-state index contributed by atoms with van der Waals surface area (Å²) >= 11 is 5.78. The van der Waals surface area contributed by atoms with Crippen molar-refractivity contribution in [2.45, 2.75) is 6.18 Å². The second kappa shape index (κ2) is 7.08. The lowest BCUT2D eigenvalue weighted by Gasteiger charge is -2.03. The second-order valence-electron chi connectivity index (χ2n) is 4.03. The van der Waals surface area contributed by atoms with Gasteiger partial charge >= 0.3 is 6.18 Å². The van der Waals surface area contributed by atoms with Gasteiger partial charge in [0.1, 0.15) is 0 Å². The number of ether oxygens (including phenoxy) is 1. The van der Waals surface area contributed by atoms with Gasteiger partial charge in [0.05, 0.1) is 11.9 Å². The highest BCUT2D eigenvalue weighted by Crippen LogP contribution is 2.14. The van der Waals surface area contributed by atoms with Crippen molar-refractivity contribution in [3.05, 3.63) is 53.5 Å². The number of rotatable bonds is 5. The molecule has 0 N–H and O–H groups in total. The molecule has 0 amide bonds. The van der Waals surface area contributed by atoms with Gasteiger partial charge in [0.15, 0.2) is 12.4 Å². The lowest BCUT2D eigenvalue weighted by molar-refractivity contribution is -0.161. The molecule has 22 heavy (non-hydrogen) atoms. The van der Waals surface area contributed by atoms with Crippen LogP contribution in [-0.4, -0.2) is 33.0 Å². The molecule has 0 aliphatic heterocycles. The van der Waals surface area contributed by atoms with E-state index in [0.29, 0.717) is 16.5 Å². The molecule has 2 rings (SSSR count). The van der Waals surface area contributed by atoms with Gasteiger partial charge in [-0.2, -0.15) is 13.2 Å². The first-order chi connectivity index (χ1) is 10.4. The SMILES string of the molecule is FC(F)(F)CO/C=C\C=C/c1nnn(-c2ccc(Cl)cc2)n1. The number of hydrogen-bond acceptors (Lipinski definition) is 4. The third-order valence-corrected chi connectivity index (χ3v) is 2.52. The molecular weight excluding hydrogens is 321 g/mol. The van der Waals surface area contributed by atoms with Crippen LogP contribution >= 0.6 is 11.6 Å². The van der Waals surface area contributed by atoms with Gasteiger partial charge in [0, 0.05) is 5.02 Å². The molecule has 0 radical (unpaired) electrons. The van der Waals surface area contributed by atoms with Gasteiger partial charge in [0.25, 0.3) is 0 Å². The van der Waals surface area contributed by atoms with Gasteiger partial charge in [-0.15, -0.1) is 15.0 Å². The number of nitrogens with zero attached hydrogens (tertiary/aromatic N) is 4. The molecule has 1 aromatic carbocycles. The zero-order valence-corrected chi connectivity index (χ0v) is 11.8. The number of allylic oxidation sites excluding steroid dienone is 2. The maximum atomic E-state index is 11.8. The average Bonchev–Trinajstić information content (AvgIpc) is 2.91.